The number of benzene rings is 1. The quantitative estimate of drug-likeness (QED) is 0.852. The monoisotopic (exact) mass is 238 g/mol. The highest BCUT2D eigenvalue weighted by atomic mass is 32.2. The van der Waals surface area contributed by atoms with Crippen molar-refractivity contribution in [2.45, 2.75) is 6.54 Å². The van der Waals surface area contributed by atoms with Gasteiger partial charge >= 0.3 is 0 Å². The normalized spacial score (nSPS) is 17.7. The molecule has 1 aliphatic rings. The molecule has 4 heteroatoms. The Bertz CT molecular complexity index is 354. The van der Waals surface area contributed by atoms with Crippen molar-refractivity contribution in [1.29, 1.82) is 0 Å². The van der Waals surface area contributed by atoms with E-state index in [1.807, 2.05) is 7.05 Å². The molecule has 88 valence electrons. The summed E-state index contributed by atoms with van der Waals surface area (Å²) in [5.74, 6) is 1.61. The van der Waals surface area contributed by atoms with Crippen molar-refractivity contribution < 1.29 is 4.21 Å². The smallest absolute Gasteiger partial charge is 0.0411 e. The molecule has 0 aromatic heterocycles. The van der Waals surface area contributed by atoms with Gasteiger partial charge in [0.15, 0.2) is 0 Å². The molecule has 0 aliphatic carbocycles. The number of anilines is 1. The Kier molecular flexibility index (Phi) is 3.96. The van der Waals surface area contributed by atoms with Gasteiger partial charge in [0.1, 0.15) is 0 Å². The van der Waals surface area contributed by atoms with Gasteiger partial charge in [-0.05, 0) is 24.7 Å². The molecule has 1 aromatic rings. The predicted molar refractivity (Wildman–Crippen MR) is 69.3 cm³/mol. The van der Waals surface area contributed by atoms with Crippen LogP contribution < -0.4 is 10.2 Å². The molecular weight excluding hydrogens is 220 g/mol. The molecule has 1 aromatic carbocycles. The van der Waals surface area contributed by atoms with E-state index >= 15 is 0 Å². The van der Waals surface area contributed by atoms with Crippen LogP contribution in [0.4, 0.5) is 5.69 Å². The summed E-state index contributed by atoms with van der Waals surface area (Å²) in [5, 5.41) is 3.13. The van der Waals surface area contributed by atoms with Crippen molar-refractivity contribution in [2.24, 2.45) is 0 Å². The standard InChI is InChI=1S/C12H18N2OS/c1-13-10-11-2-4-12(5-3-11)14-6-8-16(15)9-7-14/h2-5,13H,6-10H2,1H3. The summed E-state index contributed by atoms with van der Waals surface area (Å²) >= 11 is 0. The molecule has 0 atom stereocenters. The minimum atomic E-state index is -0.594. The molecule has 2 rings (SSSR count). The first-order valence-corrected chi connectivity index (χ1v) is 7.12. The molecule has 0 radical (unpaired) electrons. The van der Waals surface area contributed by atoms with Crippen LogP contribution in [-0.2, 0) is 17.3 Å². The van der Waals surface area contributed by atoms with Crippen LogP contribution >= 0.6 is 0 Å². The highest BCUT2D eigenvalue weighted by Gasteiger charge is 2.14. The van der Waals surface area contributed by atoms with Crippen LogP contribution in [0, 0.1) is 0 Å². The van der Waals surface area contributed by atoms with Crippen molar-refractivity contribution in [2.75, 3.05) is 36.5 Å². The van der Waals surface area contributed by atoms with Crippen LogP contribution in [0.1, 0.15) is 5.56 Å². The molecule has 16 heavy (non-hydrogen) atoms. The topological polar surface area (TPSA) is 32.3 Å². The Morgan fingerprint density at radius 1 is 1.25 bits per heavy atom. The van der Waals surface area contributed by atoms with E-state index in [0.29, 0.717) is 0 Å². The summed E-state index contributed by atoms with van der Waals surface area (Å²) in [4.78, 5) is 2.31. The molecule has 1 heterocycles. The second kappa shape index (κ2) is 5.46. The molecule has 0 spiro atoms. The molecule has 0 saturated carbocycles. The molecular formula is C12H18N2OS. The van der Waals surface area contributed by atoms with E-state index in [-0.39, 0.29) is 0 Å². The predicted octanol–water partition coefficient (Wildman–Crippen LogP) is 0.975. The van der Waals surface area contributed by atoms with Crippen LogP contribution in [0.2, 0.25) is 0 Å². The average molecular weight is 238 g/mol. The van der Waals surface area contributed by atoms with Crippen molar-refractivity contribution in [1.82, 2.24) is 5.32 Å². The first-order chi connectivity index (χ1) is 7.79. The SMILES string of the molecule is CNCc1ccc(N2CCS(=O)CC2)cc1. The number of hydrogen-bond donors (Lipinski definition) is 1. The van der Waals surface area contributed by atoms with Crippen LogP contribution in [0.25, 0.3) is 0 Å². The summed E-state index contributed by atoms with van der Waals surface area (Å²) in [5.41, 5.74) is 2.54. The van der Waals surface area contributed by atoms with Gasteiger partial charge in [-0.2, -0.15) is 0 Å². The lowest BCUT2D eigenvalue weighted by molar-refractivity contribution is 0.673. The van der Waals surface area contributed by atoms with Crippen LogP contribution in [0.5, 0.6) is 0 Å². The van der Waals surface area contributed by atoms with E-state index in [1.54, 1.807) is 0 Å². The van der Waals surface area contributed by atoms with Gasteiger partial charge in [0.05, 0.1) is 0 Å². The molecule has 1 saturated heterocycles. The number of nitrogens with one attached hydrogen (secondary N) is 1. The maximum atomic E-state index is 11.3. The Morgan fingerprint density at radius 2 is 1.88 bits per heavy atom. The fourth-order valence-corrected chi connectivity index (χ4v) is 2.98. The average Bonchev–Trinajstić information content (AvgIpc) is 2.32. The Morgan fingerprint density at radius 3 is 2.44 bits per heavy atom. The first kappa shape index (κ1) is 11.6. The summed E-state index contributed by atoms with van der Waals surface area (Å²) in [7, 11) is 1.36. The van der Waals surface area contributed by atoms with Crippen LogP contribution in [0.3, 0.4) is 0 Å². The van der Waals surface area contributed by atoms with Crippen molar-refractivity contribution in [3.05, 3.63) is 29.8 Å². The fraction of sp³-hybridized carbons (Fsp3) is 0.500. The molecule has 0 unspecified atom stereocenters. The molecule has 1 fully saturated rings. The van der Waals surface area contributed by atoms with E-state index in [4.69, 9.17) is 0 Å². The summed E-state index contributed by atoms with van der Waals surface area (Å²) in [6.45, 7) is 2.74. The van der Waals surface area contributed by atoms with Crippen molar-refractivity contribution in [3.63, 3.8) is 0 Å². The molecule has 0 bridgehead atoms. The molecule has 3 nitrogen and oxygen atoms in total. The summed E-state index contributed by atoms with van der Waals surface area (Å²) < 4.78 is 11.3. The Balaban J connectivity index is 2.01. The van der Waals surface area contributed by atoms with Crippen LogP contribution in [-0.4, -0.2) is 35.9 Å². The lowest BCUT2D eigenvalue weighted by Crippen LogP contribution is -2.37. The number of nitrogens with zero attached hydrogens (tertiary/aromatic N) is 1. The maximum absolute atomic E-state index is 11.3. The lowest BCUT2D eigenvalue weighted by Gasteiger charge is -2.28. The second-order valence-corrected chi connectivity index (χ2v) is 5.73. The zero-order valence-corrected chi connectivity index (χ0v) is 10.4. The van der Waals surface area contributed by atoms with Gasteiger partial charge in [-0.1, -0.05) is 12.1 Å². The third-order valence-electron chi connectivity index (χ3n) is 2.86. The Hall–Kier alpha value is -0.870. The van der Waals surface area contributed by atoms with Gasteiger partial charge < -0.3 is 10.2 Å². The van der Waals surface area contributed by atoms with E-state index in [2.05, 4.69) is 34.5 Å². The summed E-state index contributed by atoms with van der Waals surface area (Å²) in [6, 6.07) is 8.61. The van der Waals surface area contributed by atoms with Gasteiger partial charge in [0.2, 0.25) is 0 Å². The van der Waals surface area contributed by atoms with Gasteiger partial charge in [0, 0.05) is 47.6 Å². The fourth-order valence-electron chi connectivity index (χ4n) is 1.92. The third kappa shape index (κ3) is 2.83. The van der Waals surface area contributed by atoms with Crippen molar-refractivity contribution in [3.8, 4) is 0 Å². The minimum absolute atomic E-state index is 0.594. The first-order valence-electron chi connectivity index (χ1n) is 5.63. The van der Waals surface area contributed by atoms with E-state index in [0.717, 1.165) is 31.1 Å². The molecule has 0 amide bonds. The Labute approximate surface area is 99.3 Å². The van der Waals surface area contributed by atoms with E-state index in [9.17, 15) is 4.21 Å². The van der Waals surface area contributed by atoms with E-state index < -0.39 is 10.8 Å². The molecule has 1 N–H and O–H groups in total. The zero-order chi connectivity index (χ0) is 11.4. The second-order valence-electron chi connectivity index (χ2n) is 4.03. The number of hydrogen-bond acceptors (Lipinski definition) is 3. The van der Waals surface area contributed by atoms with Gasteiger partial charge in [-0.3, -0.25) is 4.21 Å². The zero-order valence-electron chi connectivity index (χ0n) is 9.61. The highest BCUT2D eigenvalue weighted by Crippen LogP contribution is 2.17. The van der Waals surface area contributed by atoms with Gasteiger partial charge in [-0.15, -0.1) is 0 Å². The van der Waals surface area contributed by atoms with Gasteiger partial charge in [0.25, 0.3) is 0 Å². The van der Waals surface area contributed by atoms with E-state index in [1.165, 1.54) is 11.3 Å². The largest absolute Gasteiger partial charge is 0.370 e. The minimum Gasteiger partial charge on any atom is -0.370 e. The third-order valence-corrected chi connectivity index (χ3v) is 4.14. The lowest BCUT2D eigenvalue weighted by atomic mass is 10.2. The van der Waals surface area contributed by atoms with Gasteiger partial charge in [-0.25, -0.2) is 0 Å². The summed E-state index contributed by atoms with van der Waals surface area (Å²) in [6.07, 6.45) is 0. The highest BCUT2D eigenvalue weighted by molar-refractivity contribution is 7.85. The maximum Gasteiger partial charge on any atom is 0.0411 e. The van der Waals surface area contributed by atoms with Crippen molar-refractivity contribution >= 4 is 16.5 Å². The van der Waals surface area contributed by atoms with Crippen LogP contribution in [0.15, 0.2) is 24.3 Å². The molecule has 1 aliphatic heterocycles. The number of rotatable bonds is 3.